The monoisotopic (exact) mass is 472 g/mol. The SMILES string of the molecule is Cc1ccc(NS(=O)(=O)c2ccc(C3CC3C(=O)Nc3ccc4cncc(C)c4c3)cc2)nc1. The zero-order valence-corrected chi connectivity index (χ0v) is 19.6. The molecular formula is C26H24N4O3S. The summed E-state index contributed by atoms with van der Waals surface area (Å²) in [7, 11) is -3.74. The van der Waals surface area contributed by atoms with Gasteiger partial charge < -0.3 is 5.32 Å². The number of aromatic nitrogens is 2. The Bertz CT molecular complexity index is 1480. The minimum atomic E-state index is -3.74. The highest BCUT2D eigenvalue weighted by Crippen LogP contribution is 2.48. The number of sulfonamides is 1. The van der Waals surface area contributed by atoms with Crippen molar-refractivity contribution in [2.45, 2.75) is 31.1 Å². The third-order valence-electron chi connectivity index (χ3n) is 6.12. The van der Waals surface area contributed by atoms with Crippen LogP contribution in [-0.4, -0.2) is 24.3 Å². The summed E-state index contributed by atoms with van der Waals surface area (Å²) in [5.41, 5.74) is 3.71. The van der Waals surface area contributed by atoms with Crippen molar-refractivity contribution in [3.05, 3.63) is 89.9 Å². The molecule has 0 saturated heterocycles. The maximum absolute atomic E-state index is 12.8. The molecule has 2 N–H and O–H groups in total. The van der Waals surface area contributed by atoms with Crippen molar-refractivity contribution in [1.82, 2.24) is 9.97 Å². The van der Waals surface area contributed by atoms with Gasteiger partial charge in [-0.2, -0.15) is 0 Å². The molecule has 2 atom stereocenters. The van der Waals surface area contributed by atoms with Gasteiger partial charge in [0.2, 0.25) is 5.91 Å². The third-order valence-corrected chi connectivity index (χ3v) is 7.49. The first kappa shape index (κ1) is 22.0. The Morgan fingerprint density at radius 2 is 1.76 bits per heavy atom. The molecule has 0 bridgehead atoms. The van der Waals surface area contributed by atoms with Crippen LogP contribution < -0.4 is 10.0 Å². The van der Waals surface area contributed by atoms with Gasteiger partial charge in [0, 0.05) is 35.6 Å². The molecule has 5 rings (SSSR count). The summed E-state index contributed by atoms with van der Waals surface area (Å²) in [5, 5.41) is 5.11. The van der Waals surface area contributed by atoms with Crippen LogP contribution in [-0.2, 0) is 14.8 Å². The maximum atomic E-state index is 12.8. The number of anilines is 2. The normalized spacial score (nSPS) is 17.4. The average molecular weight is 473 g/mol. The summed E-state index contributed by atoms with van der Waals surface area (Å²) < 4.78 is 27.8. The maximum Gasteiger partial charge on any atom is 0.263 e. The van der Waals surface area contributed by atoms with Crippen molar-refractivity contribution in [3.8, 4) is 0 Å². The molecule has 1 fully saturated rings. The first-order chi connectivity index (χ1) is 16.3. The molecule has 1 amide bonds. The van der Waals surface area contributed by atoms with E-state index in [0.717, 1.165) is 39.6 Å². The van der Waals surface area contributed by atoms with E-state index in [2.05, 4.69) is 20.0 Å². The number of pyridine rings is 2. The van der Waals surface area contributed by atoms with Gasteiger partial charge >= 0.3 is 0 Å². The number of aryl methyl sites for hydroxylation is 2. The fraction of sp³-hybridized carbons (Fsp3) is 0.192. The second-order valence-corrected chi connectivity index (χ2v) is 10.4. The second kappa shape index (κ2) is 8.53. The molecule has 0 aliphatic heterocycles. The summed E-state index contributed by atoms with van der Waals surface area (Å²) in [6.07, 6.45) is 5.96. The van der Waals surface area contributed by atoms with E-state index in [0.29, 0.717) is 0 Å². The summed E-state index contributed by atoms with van der Waals surface area (Å²) >= 11 is 0. The van der Waals surface area contributed by atoms with Crippen LogP contribution in [0.3, 0.4) is 0 Å². The smallest absolute Gasteiger partial charge is 0.263 e. The standard InChI is InChI=1S/C26H24N4O3S/c1-16-3-10-25(28-13-16)30-34(32,33)21-8-5-18(6-9-21)23-12-24(23)26(31)29-20-7-4-19-15-27-14-17(2)22(19)11-20/h3-11,13-15,23-24H,12H2,1-2H3,(H,28,30)(H,29,31). The molecule has 0 radical (unpaired) electrons. The van der Waals surface area contributed by atoms with Crippen molar-refractivity contribution in [3.63, 3.8) is 0 Å². The number of fused-ring (bicyclic) bond motifs is 1. The van der Waals surface area contributed by atoms with E-state index in [-0.39, 0.29) is 28.5 Å². The predicted octanol–water partition coefficient (Wildman–Crippen LogP) is 4.79. The van der Waals surface area contributed by atoms with Crippen LogP contribution in [0.15, 0.2) is 78.1 Å². The molecule has 34 heavy (non-hydrogen) atoms. The fourth-order valence-corrected chi connectivity index (χ4v) is 5.10. The highest BCUT2D eigenvalue weighted by molar-refractivity contribution is 7.92. The molecule has 2 unspecified atom stereocenters. The van der Waals surface area contributed by atoms with Gasteiger partial charge in [0.1, 0.15) is 5.82 Å². The van der Waals surface area contributed by atoms with Crippen LogP contribution in [0.25, 0.3) is 10.8 Å². The molecule has 1 saturated carbocycles. The quantitative estimate of drug-likeness (QED) is 0.420. The van der Waals surface area contributed by atoms with Crippen molar-refractivity contribution in [1.29, 1.82) is 0 Å². The summed E-state index contributed by atoms with van der Waals surface area (Å²) in [5.74, 6) is 0.190. The Balaban J connectivity index is 1.24. The Kier molecular flexibility index (Phi) is 5.53. The molecular weight excluding hydrogens is 448 g/mol. The molecule has 2 aromatic heterocycles. The number of carbonyl (C=O) groups excluding carboxylic acids is 1. The molecule has 8 heteroatoms. The lowest BCUT2D eigenvalue weighted by molar-refractivity contribution is -0.117. The predicted molar refractivity (Wildman–Crippen MR) is 132 cm³/mol. The Morgan fingerprint density at radius 1 is 0.971 bits per heavy atom. The highest BCUT2D eigenvalue weighted by atomic mass is 32.2. The van der Waals surface area contributed by atoms with E-state index in [1.54, 1.807) is 42.6 Å². The van der Waals surface area contributed by atoms with Crippen LogP contribution >= 0.6 is 0 Å². The Labute approximate surface area is 198 Å². The molecule has 1 aliphatic rings. The molecule has 4 aromatic rings. The lowest BCUT2D eigenvalue weighted by Crippen LogP contribution is -2.15. The second-order valence-electron chi connectivity index (χ2n) is 8.73. The van der Waals surface area contributed by atoms with Gasteiger partial charge in [-0.15, -0.1) is 0 Å². The third kappa shape index (κ3) is 4.49. The Morgan fingerprint density at radius 3 is 2.50 bits per heavy atom. The first-order valence-corrected chi connectivity index (χ1v) is 12.5. The van der Waals surface area contributed by atoms with E-state index in [1.807, 2.05) is 44.4 Å². The molecule has 172 valence electrons. The van der Waals surface area contributed by atoms with Crippen LogP contribution in [0.1, 0.15) is 29.0 Å². The largest absolute Gasteiger partial charge is 0.326 e. The number of nitrogens with one attached hydrogen (secondary N) is 2. The van der Waals surface area contributed by atoms with Crippen LogP contribution in [0.5, 0.6) is 0 Å². The number of nitrogens with zero attached hydrogens (tertiary/aromatic N) is 2. The van der Waals surface area contributed by atoms with Gasteiger partial charge in [-0.25, -0.2) is 13.4 Å². The number of amides is 1. The fourth-order valence-electron chi connectivity index (χ4n) is 4.09. The van der Waals surface area contributed by atoms with Gasteiger partial charge in [0.05, 0.1) is 4.90 Å². The van der Waals surface area contributed by atoms with E-state index < -0.39 is 10.0 Å². The van der Waals surface area contributed by atoms with Crippen molar-refractivity contribution < 1.29 is 13.2 Å². The van der Waals surface area contributed by atoms with Crippen LogP contribution in [0, 0.1) is 19.8 Å². The number of hydrogen-bond acceptors (Lipinski definition) is 5. The Hall–Kier alpha value is -3.78. The zero-order chi connectivity index (χ0) is 23.9. The van der Waals surface area contributed by atoms with Gasteiger partial charge in [-0.1, -0.05) is 24.3 Å². The lowest BCUT2D eigenvalue weighted by atomic mass is 10.1. The van der Waals surface area contributed by atoms with Crippen LogP contribution in [0.2, 0.25) is 0 Å². The molecule has 0 spiro atoms. The molecule has 1 aliphatic carbocycles. The van der Waals surface area contributed by atoms with Crippen molar-refractivity contribution in [2.24, 2.45) is 5.92 Å². The van der Waals surface area contributed by atoms with Crippen LogP contribution in [0.4, 0.5) is 11.5 Å². The zero-order valence-electron chi connectivity index (χ0n) is 18.8. The van der Waals surface area contributed by atoms with Gasteiger partial charge in [0.15, 0.2) is 0 Å². The average Bonchev–Trinajstić information content (AvgIpc) is 3.62. The first-order valence-electron chi connectivity index (χ1n) is 11.0. The van der Waals surface area contributed by atoms with E-state index >= 15 is 0 Å². The summed E-state index contributed by atoms with van der Waals surface area (Å²) in [6.45, 7) is 3.88. The minimum absolute atomic E-state index is 0.0279. The van der Waals surface area contributed by atoms with Gasteiger partial charge in [0.25, 0.3) is 10.0 Å². The summed E-state index contributed by atoms with van der Waals surface area (Å²) in [6, 6.07) is 15.9. The van der Waals surface area contributed by atoms with E-state index in [1.165, 1.54) is 0 Å². The van der Waals surface area contributed by atoms with Crippen molar-refractivity contribution in [2.75, 3.05) is 10.0 Å². The van der Waals surface area contributed by atoms with Gasteiger partial charge in [-0.3, -0.25) is 14.5 Å². The molecule has 2 heterocycles. The number of benzene rings is 2. The number of rotatable bonds is 6. The van der Waals surface area contributed by atoms with Gasteiger partial charge in [-0.05, 0) is 78.6 Å². The minimum Gasteiger partial charge on any atom is -0.326 e. The van der Waals surface area contributed by atoms with E-state index in [9.17, 15) is 13.2 Å². The molecule has 2 aromatic carbocycles. The topological polar surface area (TPSA) is 101 Å². The number of hydrogen-bond donors (Lipinski definition) is 2. The van der Waals surface area contributed by atoms with Crippen molar-refractivity contribution >= 4 is 38.2 Å². The summed E-state index contributed by atoms with van der Waals surface area (Å²) in [4.78, 5) is 21.2. The molecule has 7 nitrogen and oxygen atoms in total. The van der Waals surface area contributed by atoms with E-state index in [4.69, 9.17) is 0 Å². The number of carbonyl (C=O) groups is 1. The lowest BCUT2D eigenvalue weighted by Gasteiger charge is -2.09. The highest BCUT2D eigenvalue weighted by Gasteiger charge is 2.44.